The van der Waals surface area contributed by atoms with Crippen molar-refractivity contribution in [2.45, 2.75) is 6.18 Å². The first-order valence-electron chi connectivity index (χ1n) is 8.28. The normalized spacial score (nSPS) is 10.9. The van der Waals surface area contributed by atoms with Gasteiger partial charge in [0.15, 0.2) is 0 Å². The van der Waals surface area contributed by atoms with Crippen molar-refractivity contribution in [2.24, 2.45) is 0 Å². The lowest BCUT2D eigenvalue weighted by Crippen LogP contribution is -2.38. The maximum absolute atomic E-state index is 12.5. The fourth-order valence-corrected chi connectivity index (χ4v) is 2.17. The molecule has 0 aromatic heterocycles. The Morgan fingerprint density at radius 2 is 1.54 bits per heavy atom. The molecule has 0 fully saturated rings. The second-order valence-electron chi connectivity index (χ2n) is 5.63. The van der Waals surface area contributed by atoms with Crippen LogP contribution in [0.2, 0.25) is 0 Å². The predicted octanol–water partition coefficient (Wildman–Crippen LogP) is 2.64. The van der Waals surface area contributed by atoms with Crippen LogP contribution in [0, 0.1) is 0 Å². The molecule has 0 heterocycles. The lowest BCUT2D eigenvalue weighted by Gasteiger charge is -2.10. The monoisotopic (exact) mass is 396 g/mol. The number of amides is 2. The molecule has 0 aliphatic carbocycles. The summed E-state index contributed by atoms with van der Waals surface area (Å²) in [5.41, 5.74) is -0.375. The topological polar surface area (TPSA) is 76.7 Å². The fraction of sp³-hybridized carbons (Fsp3) is 0.263. The molecule has 0 bridgehead atoms. The number of hydrogen-bond acceptors (Lipinski definition) is 4. The second-order valence-corrected chi connectivity index (χ2v) is 5.63. The Kier molecular flexibility index (Phi) is 7.25. The van der Waals surface area contributed by atoms with Crippen molar-refractivity contribution in [3.8, 4) is 11.5 Å². The molecule has 2 rings (SSSR count). The van der Waals surface area contributed by atoms with Gasteiger partial charge in [0.25, 0.3) is 5.91 Å². The standard InChI is InChI=1S/C19H19F3N2O4/c1-27-15-6-2-13(3-7-15)18(26)24-12-17(25)23-10-11-28-16-8-4-14(5-9-16)19(20,21)22/h2-9H,10-12H2,1H3,(H,23,25)(H,24,26). The Labute approximate surface area is 159 Å². The van der Waals surface area contributed by atoms with E-state index in [1.54, 1.807) is 24.3 Å². The van der Waals surface area contributed by atoms with E-state index in [0.717, 1.165) is 12.1 Å². The van der Waals surface area contributed by atoms with Crippen LogP contribution in [0.3, 0.4) is 0 Å². The van der Waals surface area contributed by atoms with Gasteiger partial charge in [-0.05, 0) is 48.5 Å². The van der Waals surface area contributed by atoms with Crippen LogP contribution in [0.15, 0.2) is 48.5 Å². The summed E-state index contributed by atoms with van der Waals surface area (Å²) >= 11 is 0. The smallest absolute Gasteiger partial charge is 0.416 e. The van der Waals surface area contributed by atoms with Gasteiger partial charge in [-0.2, -0.15) is 13.2 Å². The third kappa shape index (κ3) is 6.49. The first-order valence-corrected chi connectivity index (χ1v) is 8.28. The van der Waals surface area contributed by atoms with Crippen molar-refractivity contribution in [1.29, 1.82) is 0 Å². The Bertz CT molecular complexity index is 790. The summed E-state index contributed by atoms with van der Waals surface area (Å²) in [5, 5.41) is 5.01. The molecule has 0 atom stereocenters. The maximum Gasteiger partial charge on any atom is 0.416 e. The van der Waals surface area contributed by atoms with Crippen molar-refractivity contribution < 1.29 is 32.2 Å². The highest BCUT2D eigenvalue weighted by molar-refractivity contribution is 5.96. The minimum atomic E-state index is -4.40. The number of benzene rings is 2. The fourth-order valence-electron chi connectivity index (χ4n) is 2.17. The molecule has 150 valence electrons. The number of hydrogen-bond donors (Lipinski definition) is 2. The van der Waals surface area contributed by atoms with E-state index in [2.05, 4.69) is 10.6 Å². The molecule has 0 spiro atoms. The minimum absolute atomic E-state index is 0.0729. The SMILES string of the molecule is COc1ccc(C(=O)NCC(=O)NCCOc2ccc(C(F)(F)F)cc2)cc1. The van der Waals surface area contributed by atoms with Gasteiger partial charge in [0.05, 0.1) is 25.8 Å². The quantitative estimate of drug-likeness (QED) is 0.673. The van der Waals surface area contributed by atoms with Crippen molar-refractivity contribution >= 4 is 11.8 Å². The Morgan fingerprint density at radius 3 is 2.11 bits per heavy atom. The third-order valence-electron chi connectivity index (χ3n) is 3.64. The Balaban J connectivity index is 1.66. The predicted molar refractivity (Wildman–Crippen MR) is 95.3 cm³/mol. The highest BCUT2D eigenvalue weighted by atomic mass is 19.4. The van der Waals surface area contributed by atoms with Gasteiger partial charge in [-0.1, -0.05) is 0 Å². The van der Waals surface area contributed by atoms with E-state index in [-0.39, 0.29) is 25.4 Å². The van der Waals surface area contributed by atoms with E-state index in [4.69, 9.17) is 9.47 Å². The van der Waals surface area contributed by atoms with Crippen LogP contribution in [0.4, 0.5) is 13.2 Å². The van der Waals surface area contributed by atoms with E-state index >= 15 is 0 Å². The summed E-state index contributed by atoms with van der Waals surface area (Å²) in [6, 6.07) is 10.7. The van der Waals surface area contributed by atoms with Crippen molar-refractivity contribution in [3.63, 3.8) is 0 Å². The van der Waals surface area contributed by atoms with E-state index in [1.807, 2.05) is 0 Å². The number of carbonyl (C=O) groups is 2. The van der Waals surface area contributed by atoms with Gasteiger partial charge in [0, 0.05) is 5.56 Å². The molecule has 0 aliphatic rings. The van der Waals surface area contributed by atoms with Crippen LogP contribution in [0.25, 0.3) is 0 Å². The van der Waals surface area contributed by atoms with Gasteiger partial charge in [-0.25, -0.2) is 0 Å². The molecule has 9 heteroatoms. The zero-order valence-corrected chi connectivity index (χ0v) is 15.0. The molecule has 2 aromatic rings. The largest absolute Gasteiger partial charge is 0.497 e. The van der Waals surface area contributed by atoms with Crippen molar-refractivity contribution in [3.05, 3.63) is 59.7 Å². The number of nitrogens with one attached hydrogen (secondary N) is 2. The number of halogens is 3. The van der Waals surface area contributed by atoms with E-state index in [9.17, 15) is 22.8 Å². The van der Waals surface area contributed by atoms with Crippen LogP contribution in [-0.4, -0.2) is 38.6 Å². The molecular weight excluding hydrogens is 377 g/mol. The van der Waals surface area contributed by atoms with Gasteiger partial charge in [0.2, 0.25) is 5.91 Å². The average molecular weight is 396 g/mol. The summed E-state index contributed by atoms with van der Waals surface area (Å²) in [4.78, 5) is 23.6. The average Bonchev–Trinajstić information content (AvgIpc) is 2.69. The number of methoxy groups -OCH3 is 1. The van der Waals surface area contributed by atoms with Gasteiger partial charge >= 0.3 is 6.18 Å². The molecule has 2 amide bonds. The van der Waals surface area contributed by atoms with Crippen LogP contribution in [0.1, 0.15) is 15.9 Å². The lowest BCUT2D eigenvalue weighted by atomic mass is 10.2. The lowest BCUT2D eigenvalue weighted by molar-refractivity contribution is -0.137. The first kappa shape index (κ1) is 21.1. The zero-order chi connectivity index (χ0) is 20.6. The Hall–Kier alpha value is -3.23. The van der Waals surface area contributed by atoms with Crippen LogP contribution in [0.5, 0.6) is 11.5 Å². The second kappa shape index (κ2) is 9.63. The molecule has 6 nitrogen and oxygen atoms in total. The first-order chi connectivity index (χ1) is 13.3. The maximum atomic E-state index is 12.5. The third-order valence-corrected chi connectivity index (χ3v) is 3.64. The zero-order valence-electron chi connectivity index (χ0n) is 15.0. The molecule has 2 aromatic carbocycles. The summed E-state index contributed by atoms with van der Waals surface area (Å²) in [7, 11) is 1.51. The van der Waals surface area contributed by atoms with Gasteiger partial charge < -0.3 is 20.1 Å². The molecule has 0 saturated carbocycles. The summed E-state index contributed by atoms with van der Waals surface area (Å²) in [6.07, 6.45) is -4.40. The summed E-state index contributed by atoms with van der Waals surface area (Å²) in [5.74, 6) is 0.0501. The summed E-state index contributed by atoms with van der Waals surface area (Å²) < 4.78 is 47.6. The van der Waals surface area contributed by atoms with E-state index < -0.39 is 23.6 Å². The number of ether oxygens (including phenoxy) is 2. The van der Waals surface area contributed by atoms with E-state index in [1.165, 1.54) is 19.2 Å². The molecule has 0 saturated heterocycles. The Morgan fingerprint density at radius 1 is 0.929 bits per heavy atom. The van der Waals surface area contributed by atoms with E-state index in [0.29, 0.717) is 11.3 Å². The van der Waals surface area contributed by atoms with Crippen LogP contribution in [-0.2, 0) is 11.0 Å². The van der Waals surface area contributed by atoms with Gasteiger partial charge in [-0.15, -0.1) is 0 Å². The summed E-state index contributed by atoms with van der Waals surface area (Å²) in [6.45, 7) is -0.00701. The molecular formula is C19H19F3N2O4. The molecule has 2 N–H and O–H groups in total. The highest BCUT2D eigenvalue weighted by Gasteiger charge is 2.29. The van der Waals surface area contributed by atoms with Crippen LogP contribution < -0.4 is 20.1 Å². The highest BCUT2D eigenvalue weighted by Crippen LogP contribution is 2.30. The number of alkyl halides is 3. The van der Waals surface area contributed by atoms with Crippen molar-refractivity contribution in [1.82, 2.24) is 10.6 Å². The van der Waals surface area contributed by atoms with Gasteiger partial charge in [0.1, 0.15) is 18.1 Å². The molecule has 0 unspecified atom stereocenters. The van der Waals surface area contributed by atoms with Gasteiger partial charge in [-0.3, -0.25) is 9.59 Å². The molecule has 0 aliphatic heterocycles. The van der Waals surface area contributed by atoms with Crippen LogP contribution >= 0.6 is 0 Å². The number of carbonyl (C=O) groups excluding carboxylic acids is 2. The molecule has 0 radical (unpaired) electrons. The number of rotatable bonds is 8. The van der Waals surface area contributed by atoms with Crippen molar-refractivity contribution in [2.75, 3.05) is 26.8 Å². The minimum Gasteiger partial charge on any atom is -0.497 e. The molecule has 28 heavy (non-hydrogen) atoms.